The number of nitrogens with two attached hydrogens (primary N) is 4. The molecule has 124 heavy (non-hydrogen) atoms. The minimum absolute atomic E-state index is 0.0444. The zero-order valence-electron chi connectivity index (χ0n) is 75.7. The number of esters is 1. The molecule has 0 unspecified atom stereocenters. The Kier molecular flexibility index (Phi) is 51.9. The molecule has 40 nitrogen and oxygen atoms in total. The third-order valence-electron chi connectivity index (χ3n) is 20.5. The number of cyclic esters (lactones) is 1. The molecule has 15 atom stereocenters. The summed E-state index contributed by atoms with van der Waals surface area (Å²) in [6, 6.07) is -22.6. The van der Waals surface area contributed by atoms with Crippen molar-refractivity contribution >= 4 is 118 Å². The van der Waals surface area contributed by atoms with Crippen molar-refractivity contribution in [3.8, 4) is 0 Å². The Hall–Kier alpha value is -10.6. The number of carboxylic acids is 1. The van der Waals surface area contributed by atoms with Crippen molar-refractivity contribution in [3.63, 3.8) is 0 Å². The second-order valence-corrected chi connectivity index (χ2v) is 35.2. The number of ether oxygens (including phenoxy) is 1. The molecule has 23 N–H and O–H groups in total. The molecule has 1 fully saturated rings. The van der Waals surface area contributed by atoms with E-state index in [4.69, 9.17) is 27.7 Å². The summed E-state index contributed by atoms with van der Waals surface area (Å²) < 4.78 is 5.80. The molecule has 0 aromatic carbocycles. The largest absolute Gasteiger partial charge is 0.481 e. The molecule has 0 saturated carbocycles. The van der Waals surface area contributed by atoms with Gasteiger partial charge in [-0.3, -0.25) is 91.1 Å². The van der Waals surface area contributed by atoms with E-state index in [1.165, 1.54) is 34.6 Å². The smallest absolute Gasteiger partial charge is 0.329 e. The van der Waals surface area contributed by atoms with Gasteiger partial charge < -0.3 is 107 Å². The van der Waals surface area contributed by atoms with E-state index in [0.29, 0.717) is 6.42 Å². The van der Waals surface area contributed by atoms with E-state index in [-0.39, 0.29) is 68.6 Å². The molecule has 0 radical (unpaired) electrons. The van der Waals surface area contributed by atoms with Gasteiger partial charge in [0.15, 0.2) is 0 Å². The maximum Gasteiger partial charge on any atom is 0.329 e. The fraction of sp³-hybridized carbons (Fsp3) is 0.762. The van der Waals surface area contributed by atoms with Crippen LogP contribution in [0.1, 0.15) is 272 Å². The van der Waals surface area contributed by atoms with Crippen molar-refractivity contribution in [2.75, 3.05) is 6.61 Å². The molecule has 1 aliphatic rings. The van der Waals surface area contributed by atoms with Crippen molar-refractivity contribution in [2.24, 2.45) is 70.3 Å². The Morgan fingerprint density at radius 3 is 1.13 bits per heavy atom. The van der Waals surface area contributed by atoms with E-state index in [1.54, 1.807) is 76.2 Å². The molecule has 0 aromatic heterocycles. The third-order valence-corrected chi connectivity index (χ3v) is 20.5. The number of aliphatic carboxylic acids is 1. The van der Waals surface area contributed by atoms with Crippen LogP contribution in [0.4, 0.5) is 0 Å². The summed E-state index contributed by atoms with van der Waals surface area (Å²) in [5, 5.41) is 45.7. The summed E-state index contributed by atoms with van der Waals surface area (Å²) in [5.74, 6) is -24.5. The Labute approximate surface area is 728 Å². The highest BCUT2D eigenvalue weighted by Crippen LogP contribution is 2.19. The molecule has 1 saturated heterocycles. The Bertz CT molecular complexity index is 3590. The first-order valence-electron chi connectivity index (χ1n) is 43.7. The maximum absolute atomic E-state index is 15.1. The number of primary amides is 4. The molecule has 0 bridgehead atoms. The van der Waals surface area contributed by atoms with Gasteiger partial charge in [-0.15, -0.1) is 0 Å². The van der Waals surface area contributed by atoms with Crippen LogP contribution >= 0.6 is 0 Å². The van der Waals surface area contributed by atoms with Crippen LogP contribution in [-0.2, 0) is 101 Å². The van der Waals surface area contributed by atoms with E-state index in [0.717, 1.165) is 38.5 Å². The monoisotopic (exact) mass is 1760 g/mol. The summed E-state index contributed by atoms with van der Waals surface area (Å²) in [5.41, 5.74) is 22.2. The van der Waals surface area contributed by atoms with E-state index in [1.807, 2.05) is 0 Å². The number of carbonyl (C=O) groups excluding carboxylic acids is 19. The van der Waals surface area contributed by atoms with Crippen LogP contribution < -0.4 is 97.4 Å². The minimum atomic E-state index is -2.10. The zero-order chi connectivity index (χ0) is 94.5. The molecule has 704 valence electrons. The molecule has 1 heterocycles. The van der Waals surface area contributed by atoms with E-state index in [9.17, 15) is 91.4 Å². The van der Waals surface area contributed by atoms with E-state index >= 15 is 9.59 Å². The maximum atomic E-state index is 15.1. The lowest BCUT2D eigenvalue weighted by Crippen LogP contribution is -2.62. The standard InChI is InChI=1S/C84H146N18O22/c1-18-20-21-22-23-24-25-26-66(107)89-56(37-43(3)4)76(115)94-55(31-36-67(108)109)71(110)90-53(29-34-64(87)105)74(113)100-68(48(13)14)82(121)97-60(41-47(11)12)79(118)92-52(28-33-63(86)104)73(112)99-61-42-124-84(123)70(50(17)19-2)102-75(114)54(30-35-65(88)106)93-77(116)57(38-44(5)6)96-80(119)58(39-45(7)8)95-72(111)51(27-32-62(85)103)91-78(117)59(40-46(9)10)98-83(122)69(49(15)16)101-81(61)120/h43-61,68-70H,18-42H2,1-17H3,(H2,85,103)(H2,86,104)(H2,87,105)(H2,88,106)(H,89,107)(H,90,110)(H,91,117)(H,92,118)(H,93,116)(H,94,115)(H,95,111)(H,96,119)(H,97,121)(H,98,122)(H,99,112)(H,100,113)(H,101,120)(H,102,114)(H,108,109)/t50-,51+,52-,53+,54-,55+,56-,57-,58-,59+,60+,61+,68+,69+,70-/m0/s1. The fourth-order valence-electron chi connectivity index (χ4n) is 13.4. The number of carboxylic acid groups (broad SMARTS) is 1. The highest BCUT2D eigenvalue weighted by atomic mass is 16.5. The summed E-state index contributed by atoms with van der Waals surface area (Å²) in [4.78, 5) is 280. The Morgan fingerprint density at radius 1 is 0.379 bits per heavy atom. The van der Waals surface area contributed by atoms with Gasteiger partial charge in [0.05, 0.1) is 0 Å². The van der Waals surface area contributed by atoms with Gasteiger partial charge >= 0.3 is 11.9 Å². The molecule has 18 amide bonds. The summed E-state index contributed by atoms with van der Waals surface area (Å²) in [6.07, 6.45) is 1.18. The van der Waals surface area contributed by atoms with Gasteiger partial charge in [0.25, 0.3) is 0 Å². The van der Waals surface area contributed by atoms with Gasteiger partial charge in [0.1, 0.15) is 91.2 Å². The predicted molar refractivity (Wildman–Crippen MR) is 458 cm³/mol. The zero-order valence-corrected chi connectivity index (χ0v) is 75.7. The third kappa shape index (κ3) is 44.6. The second-order valence-electron chi connectivity index (χ2n) is 35.2. The second kappa shape index (κ2) is 57.8. The van der Waals surface area contributed by atoms with Crippen LogP contribution in [0.3, 0.4) is 0 Å². The van der Waals surface area contributed by atoms with Gasteiger partial charge in [-0.1, -0.05) is 163 Å². The Morgan fingerprint density at radius 2 is 0.734 bits per heavy atom. The predicted octanol–water partition coefficient (Wildman–Crippen LogP) is -0.0135. The van der Waals surface area contributed by atoms with Crippen molar-refractivity contribution in [2.45, 2.75) is 356 Å². The number of rotatable bonds is 50. The van der Waals surface area contributed by atoms with Gasteiger partial charge in [0, 0.05) is 38.5 Å². The number of unbranched alkanes of at least 4 members (excludes halogenated alkanes) is 6. The molecule has 1 aliphatic heterocycles. The van der Waals surface area contributed by atoms with Crippen LogP contribution in [0, 0.1) is 47.3 Å². The van der Waals surface area contributed by atoms with Crippen molar-refractivity contribution < 1.29 is 106 Å². The normalized spacial score (nSPS) is 20.4. The highest BCUT2D eigenvalue weighted by Gasteiger charge is 2.41. The number of hydrogen-bond donors (Lipinski definition) is 19. The van der Waals surface area contributed by atoms with Crippen molar-refractivity contribution in [1.82, 2.24) is 74.4 Å². The van der Waals surface area contributed by atoms with Crippen molar-refractivity contribution in [1.29, 1.82) is 0 Å². The number of amides is 18. The topological polar surface area (TPSA) is 643 Å². The van der Waals surface area contributed by atoms with Crippen LogP contribution in [0.15, 0.2) is 0 Å². The lowest BCUT2D eigenvalue weighted by atomic mass is 9.97. The Balaban J connectivity index is 4.23. The van der Waals surface area contributed by atoms with Gasteiger partial charge in [-0.25, -0.2) is 4.79 Å². The first-order valence-corrected chi connectivity index (χ1v) is 43.7. The van der Waals surface area contributed by atoms with Gasteiger partial charge in [-0.2, -0.15) is 0 Å². The number of carbonyl (C=O) groups is 20. The van der Waals surface area contributed by atoms with Crippen LogP contribution in [0.25, 0.3) is 0 Å². The average molecular weight is 1760 g/mol. The molecule has 0 aromatic rings. The van der Waals surface area contributed by atoms with Crippen LogP contribution in [0.2, 0.25) is 0 Å². The summed E-state index contributed by atoms with van der Waals surface area (Å²) in [7, 11) is 0. The minimum Gasteiger partial charge on any atom is -0.481 e. The SMILES string of the molecule is CCCCCCCCCC(=O)N[C@@H](CC(C)C)C(=O)N[C@H](CCC(=O)O)C(=O)N[C@H](CCC(N)=O)C(=O)N[C@@H](C(=O)N[C@H](CC(C)C)C(=O)N[C@@H](CCC(N)=O)C(=O)N[C@@H]1COC(=O)[C@H]([C@@H](C)CC)NC(=O)[C@H](CCC(N)=O)NC(=O)[C@H](CC(C)C)NC(=O)[C@H](CC(C)C)NC(=O)[C@@H](CCC(N)=O)NC(=O)[C@@H](CC(C)C)NC(=O)[C@@H](C(C)C)NC1=O)C(C)C. The first-order chi connectivity index (χ1) is 57.9. The molecular weight excluding hydrogens is 1610 g/mol. The summed E-state index contributed by atoms with van der Waals surface area (Å²) in [6.45, 7) is 27.4. The van der Waals surface area contributed by atoms with Gasteiger partial charge in [-0.05, 0) is 118 Å². The fourth-order valence-corrected chi connectivity index (χ4v) is 13.4. The molecule has 1 rings (SSSR count). The van der Waals surface area contributed by atoms with Crippen LogP contribution in [0.5, 0.6) is 0 Å². The number of hydrogen-bond acceptors (Lipinski definition) is 21. The van der Waals surface area contributed by atoms with Gasteiger partial charge in [0.2, 0.25) is 106 Å². The first kappa shape index (κ1) is 111. The molecule has 0 spiro atoms. The summed E-state index contributed by atoms with van der Waals surface area (Å²) >= 11 is 0. The lowest BCUT2D eigenvalue weighted by Gasteiger charge is -2.30. The van der Waals surface area contributed by atoms with Crippen LogP contribution in [-0.4, -0.2) is 215 Å². The van der Waals surface area contributed by atoms with E-state index < -0.39 is 297 Å². The van der Waals surface area contributed by atoms with Crippen molar-refractivity contribution in [3.05, 3.63) is 0 Å². The lowest BCUT2D eigenvalue weighted by molar-refractivity contribution is -0.152. The average Bonchev–Trinajstić information content (AvgIpc) is 0.983. The quantitative estimate of drug-likeness (QED) is 0.0281. The van der Waals surface area contributed by atoms with E-state index in [2.05, 4.69) is 81.4 Å². The molecular formula is C84H146N18O22. The molecule has 40 heteroatoms. The highest BCUT2D eigenvalue weighted by molar-refractivity contribution is 6.01. The number of nitrogens with one attached hydrogen (secondary N) is 14. The molecule has 0 aliphatic carbocycles.